The van der Waals surface area contributed by atoms with Crippen molar-refractivity contribution >= 4 is 38.9 Å². The van der Waals surface area contributed by atoms with Crippen molar-refractivity contribution in [1.29, 1.82) is 0 Å². The Balaban J connectivity index is 1.63. The molecule has 0 aliphatic heterocycles. The van der Waals surface area contributed by atoms with Crippen molar-refractivity contribution in [3.8, 4) is 10.6 Å². The molecular formula is C19H22BrN5S. The summed E-state index contributed by atoms with van der Waals surface area (Å²) < 4.78 is 1.09. The molecule has 136 valence electrons. The Hall–Kier alpha value is -1.80. The van der Waals surface area contributed by atoms with Crippen molar-refractivity contribution in [3.05, 3.63) is 58.0 Å². The summed E-state index contributed by atoms with van der Waals surface area (Å²) in [5, 5.41) is 6.74. The Morgan fingerprint density at radius 2 is 2.04 bits per heavy atom. The lowest BCUT2D eigenvalue weighted by molar-refractivity contribution is 0.627. The molecule has 3 rings (SSSR count). The molecule has 2 heterocycles. The van der Waals surface area contributed by atoms with E-state index in [0.29, 0.717) is 5.95 Å². The van der Waals surface area contributed by atoms with Crippen molar-refractivity contribution in [2.45, 2.75) is 19.4 Å². The lowest BCUT2D eigenvalue weighted by Crippen LogP contribution is -2.15. The molecular weight excluding hydrogens is 410 g/mol. The minimum absolute atomic E-state index is 0.597. The van der Waals surface area contributed by atoms with Crippen molar-refractivity contribution in [2.24, 2.45) is 5.73 Å². The van der Waals surface area contributed by atoms with E-state index in [1.165, 1.54) is 5.56 Å². The van der Waals surface area contributed by atoms with Crippen LogP contribution in [0.5, 0.6) is 0 Å². The first-order chi connectivity index (χ1) is 12.7. The Bertz CT molecular complexity index is 836. The van der Waals surface area contributed by atoms with Crippen molar-refractivity contribution in [2.75, 3.05) is 18.4 Å². The third-order valence-electron chi connectivity index (χ3n) is 3.80. The number of nitrogens with two attached hydrogens (primary N) is 1. The molecule has 0 aliphatic rings. The van der Waals surface area contributed by atoms with Gasteiger partial charge in [0.1, 0.15) is 0 Å². The van der Waals surface area contributed by atoms with Gasteiger partial charge in [0, 0.05) is 18.4 Å². The van der Waals surface area contributed by atoms with Crippen molar-refractivity contribution in [1.82, 2.24) is 15.3 Å². The van der Waals surface area contributed by atoms with E-state index in [2.05, 4.69) is 54.7 Å². The maximum absolute atomic E-state index is 5.51. The number of hydrogen-bond donors (Lipinski definition) is 3. The van der Waals surface area contributed by atoms with Gasteiger partial charge >= 0.3 is 0 Å². The van der Waals surface area contributed by atoms with E-state index in [0.717, 1.165) is 52.5 Å². The molecule has 0 radical (unpaired) electrons. The second kappa shape index (κ2) is 9.78. The summed E-state index contributed by atoms with van der Waals surface area (Å²) in [4.78, 5) is 10.1. The van der Waals surface area contributed by atoms with Gasteiger partial charge in [-0.15, -0.1) is 11.3 Å². The van der Waals surface area contributed by atoms with E-state index in [1.54, 1.807) is 17.5 Å². The van der Waals surface area contributed by atoms with Gasteiger partial charge in [0.25, 0.3) is 0 Å². The summed E-state index contributed by atoms with van der Waals surface area (Å²) >= 11 is 5.15. The fraction of sp³-hybridized carbons (Fsp3) is 0.263. The van der Waals surface area contributed by atoms with Gasteiger partial charge in [-0.25, -0.2) is 9.97 Å². The summed E-state index contributed by atoms with van der Waals surface area (Å²) in [5.41, 5.74) is 8.63. The van der Waals surface area contributed by atoms with Gasteiger partial charge in [-0.1, -0.05) is 12.1 Å². The molecule has 2 aromatic heterocycles. The molecule has 3 aromatic rings. The molecule has 1 aromatic carbocycles. The average Bonchev–Trinajstić information content (AvgIpc) is 3.09. The number of unbranched alkanes of at least 4 members (excludes halogenated alkanes) is 1. The van der Waals surface area contributed by atoms with E-state index >= 15 is 0 Å². The first kappa shape index (κ1) is 19.0. The second-order valence-corrected chi connectivity index (χ2v) is 8.33. The number of hydrogen-bond acceptors (Lipinski definition) is 6. The van der Waals surface area contributed by atoms with Crippen LogP contribution in [0.2, 0.25) is 0 Å². The molecule has 0 saturated carbocycles. The second-order valence-electron chi connectivity index (χ2n) is 5.87. The fourth-order valence-corrected chi connectivity index (χ4v) is 3.88. The zero-order chi connectivity index (χ0) is 18.2. The Morgan fingerprint density at radius 1 is 1.12 bits per heavy atom. The number of nitrogens with one attached hydrogen (secondary N) is 2. The average molecular weight is 432 g/mol. The highest BCUT2D eigenvalue weighted by Gasteiger charge is 2.06. The summed E-state index contributed by atoms with van der Waals surface area (Å²) in [5.74, 6) is 0.597. The molecule has 0 spiro atoms. The zero-order valence-electron chi connectivity index (χ0n) is 14.4. The van der Waals surface area contributed by atoms with Crippen LogP contribution in [0.15, 0.2) is 52.4 Å². The zero-order valence-corrected chi connectivity index (χ0v) is 16.8. The van der Waals surface area contributed by atoms with Crippen LogP contribution in [-0.2, 0) is 6.54 Å². The molecule has 0 unspecified atom stereocenters. The fourth-order valence-electron chi connectivity index (χ4n) is 2.52. The van der Waals surface area contributed by atoms with E-state index in [4.69, 9.17) is 5.73 Å². The highest BCUT2D eigenvalue weighted by atomic mass is 79.9. The van der Waals surface area contributed by atoms with Crippen LogP contribution in [-0.4, -0.2) is 23.1 Å². The van der Waals surface area contributed by atoms with Gasteiger partial charge in [-0.3, -0.25) is 0 Å². The summed E-state index contributed by atoms with van der Waals surface area (Å²) in [7, 11) is 0. The highest BCUT2D eigenvalue weighted by Crippen LogP contribution is 2.30. The normalized spacial score (nSPS) is 10.8. The quantitative estimate of drug-likeness (QED) is 0.433. The molecule has 0 amide bonds. The number of benzene rings is 1. The monoisotopic (exact) mass is 431 g/mol. The summed E-state index contributed by atoms with van der Waals surface area (Å²) in [6.45, 7) is 2.57. The van der Waals surface area contributed by atoms with Gasteiger partial charge in [-0.05, 0) is 77.8 Å². The highest BCUT2D eigenvalue weighted by molar-refractivity contribution is 9.11. The first-order valence-corrected chi connectivity index (χ1v) is 10.2. The standard InChI is InChI=1S/C19H22BrN5S/c20-18-7-6-17(26-18)16-8-11-23-19(25-16)24-15-5-3-4-14(12-15)13-22-10-2-1-9-21/h3-8,11-12,22H,1-2,9-10,13,21H2,(H,23,24,25). The van der Waals surface area contributed by atoms with E-state index in [9.17, 15) is 0 Å². The minimum Gasteiger partial charge on any atom is -0.330 e. The van der Waals surface area contributed by atoms with Gasteiger partial charge in [0.05, 0.1) is 14.4 Å². The molecule has 26 heavy (non-hydrogen) atoms. The molecule has 0 fully saturated rings. The third-order valence-corrected chi connectivity index (χ3v) is 5.45. The summed E-state index contributed by atoms with van der Waals surface area (Å²) in [6.07, 6.45) is 3.94. The maximum atomic E-state index is 5.51. The van der Waals surface area contributed by atoms with Gasteiger partial charge < -0.3 is 16.4 Å². The first-order valence-electron chi connectivity index (χ1n) is 8.60. The topological polar surface area (TPSA) is 75.9 Å². The molecule has 7 heteroatoms. The number of halogens is 1. The van der Waals surface area contributed by atoms with Crippen LogP contribution in [0.4, 0.5) is 11.6 Å². The Labute approximate surface area is 166 Å². The lowest BCUT2D eigenvalue weighted by Gasteiger charge is -2.09. The number of nitrogens with zero attached hydrogens (tertiary/aromatic N) is 2. The Kier molecular flexibility index (Phi) is 7.13. The molecule has 5 nitrogen and oxygen atoms in total. The van der Waals surface area contributed by atoms with Crippen LogP contribution >= 0.6 is 27.3 Å². The van der Waals surface area contributed by atoms with Crippen LogP contribution in [0, 0.1) is 0 Å². The lowest BCUT2D eigenvalue weighted by atomic mass is 10.2. The van der Waals surface area contributed by atoms with Gasteiger partial charge in [-0.2, -0.15) is 0 Å². The van der Waals surface area contributed by atoms with Crippen molar-refractivity contribution in [3.63, 3.8) is 0 Å². The molecule has 4 N–H and O–H groups in total. The Morgan fingerprint density at radius 3 is 2.85 bits per heavy atom. The van der Waals surface area contributed by atoms with Gasteiger partial charge in [0.15, 0.2) is 0 Å². The largest absolute Gasteiger partial charge is 0.330 e. The SMILES string of the molecule is NCCCCNCc1cccc(Nc2nccc(-c3ccc(Br)s3)n2)c1. The van der Waals surface area contributed by atoms with Gasteiger partial charge in [0.2, 0.25) is 5.95 Å². The number of rotatable bonds is 9. The molecule has 0 aliphatic carbocycles. The van der Waals surface area contributed by atoms with Crippen molar-refractivity contribution < 1.29 is 0 Å². The molecule has 0 bridgehead atoms. The number of thiophene rings is 1. The number of aromatic nitrogens is 2. The van der Waals surface area contributed by atoms with Crippen LogP contribution < -0.4 is 16.4 Å². The predicted molar refractivity (Wildman–Crippen MR) is 113 cm³/mol. The molecule has 0 atom stereocenters. The maximum Gasteiger partial charge on any atom is 0.227 e. The van der Waals surface area contributed by atoms with Crippen LogP contribution in [0.25, 0.3) is 10.6 Å². The smallest absolute Gasteiger partial charge is 0.227 e. The third kappa shape index (κ3) is 5.60. The summed E-state index contributed by atoms with van der Waals surface area (Å²) in [6, 6.07) is 14.3. The number of anilines is 2. The van der Waals surface area contributed by atoms with Crippen LogP contribution in [0.1, 0.15) is 18.4 Å². The predicted octanol–water partition coefficient (Wildman–Crippen LogP) is 4.54. The van der Waals surface area contributed by atoms with E-state index in [-0.39, 0.29) is 0 Å². The van der Waals surface area contributed by atoms with Crippen LogP contribution in [0.3, 0.4) is 0 Å². The van der Waals surface area contributed by atoms with E-state index < -0.39 is 0 Å². The van der Waals surface area contributed by atoms with E-state index in [1.807, 2.05) is 24.3 Å². The minimum atomic E-state index is 0.597. The molecule has 0 saturated heterocycles.